The Labute approximate surface area is 116 Å². The number of aromatic amines is 1. The molecule has 0 aliphatic heterocycles. The van der Waals surface area contributed by atoms with Crippen molar-refractivity contribution in [2.45, 2.75) is 18.9 Å². The van der Waals surface area contributed by atoms with E-state index in [1.807, 2.05) is 6.92 Å². The number of aromatic nitrogens is 2. The summed E-state index contributed by atoms with van der Waals surface area (Å²) >= 11 is 6.77. The lowest BCUT2D eigenvalue weighted by Gasteiger charge is -2.29. The van der Waals surface area contributed by atoms with Gasteiger partial charge in [-0.1, -0.05) is 38.8 Å². The maximum Gasteiger partial charge on any atom is 0.272 e. The van der Waals surface area contributed by atoms with Gasteiger partial charge in [0, 0.05) is 16.7 Å². The molecule has 0 spiro atoms. The molecule has 0 unspecified atom stereocenters. The van der Waals surface area contributed by atoms with Crippen molar-refractivity contribution in [3.63, 3.8) is 0 Å². The van der Waals surface area contributed by atoms with E-state index in [-0.39, 0.29) is 22.7 Å². The van der Waals surface area contributed by atoms with Crippen LogP contribution in [0.5, 0.6) is 0 Å². The molecule has 0 atom stereocenters. The molecule has 1 aromatic rings. The number of halogens is 2. The molecular formula is C10H13Br2N3O2. The number of H-pyrrole nitrogens is 1. The van der Waals surface area contributed by atoms with E-state index >= 15 is 0 Å². The van der Waals surface area contributed by atoms with E-state index < -0.39 is 0 Å². The van der Waals surface area contributed by atoms with Crippen molar-refractivity contribution in [2.24, 2.45) is 0 Å². The molecule has 1 amide bonds. The third-order valence-corrected chi connectivity index (χ3v) is 4.63. The topological polar surface area (TPSA) is 74.8 Å². The van der Waals surface area contributed by atoms with Gasteiger partial charge in [0.15, 0.2) is 0 Å². The molecule has 17 heavy (non-hydrogen) atoms. The highest BCUT2D eigenvalue weighted by atomic mass is 79.9. The van der Waals surface area contributed by atoms with E-state index in [9.17, 15) is 9.59 Å². The average molecular weight is 367 g/mol. The van der Waals surface area contributed by atoms with Crippen molar-refractivity contribution in [1.82, 2.24) is 15.5 Å². The normalized spacial score (nSPS) is 11.2. The van der Waals surface area contributed by atoms with Gasteiger partial charge in [0.25, 0.3) is 11.5 Å². The molecule has 1 heterocycles. The van der Waals surface area contributed by atoms with Crippen LogP contribution in [0.1, 0.15) is 23.8 Å². The van der Waals surface area contributed by atoms with Gasteiger partial charge in [-0.3, -0.25) is 9.59 Å². The van der Waals surface area contributed by atoms with Crippen LogP contribution in [0.25, 0.3) is 0 Å². The fourth-order valence-corrected chi connectivity index (χ4v) is 3.16. The van der Waals surface area contributed by atoms with Gasteiger partial charge in [0.2, 0.25) is 0 Å². The highest BCUT2D eigenvalue weighted by Crippen LogP contribution is 2.17. The zero-order valence-corrected chi connectivity index (χ0v) is 12.5. The van der Waals surface area contributed by atoms with E-state index in [4.69, 9.17) is 0 Å². The fourth-order valence-electron chi connectivity index (χ4n) is 1.16. The number of hydrogen-bond donors (Lipinski definition) is 2. The monoisotopic (exact) mass is 365 g/mol. The Morgan fingerprint density at radius 3 is 2.53 bits per heavy atom. The third-order valence-electron chi connectivity index (χ3n) is 2.48. The van der Waals surface area contributed by atoms with E-state index in [0.29, 0.717) is 10.7 Å². The predicted molar refractivity (Wildman–Crippen MR) is 72.9 cm³/mol. The number of nitrogens with zero attached hydrogens (tertiary/aromatic N) is 1. The predicted octanol–water partition coefficient (Wildman–Crippen LogP) is 1.44. The maximum atomic E-state index is 11.9. The Balaban J connectivity index is 2.84. The van der Waals surface area contributed by atoms with Crippen molar-refractivity contribution >= 4 is 37.8 Å². The van der Waals surface area contributed by atoms with Gasteiger partial charge in [-0.2, -0.15) is 5.10 Å². The standard InChI is InChI=1S/C10H13Br2N3O2/c1-2-10(5-11,6-12)13-9(17)7-3-4-8(16)15-14-7/h3-4H,2,5-6H2,1H3,(H,13,17)(H,15,16). The molecule has 1 aromatic heterocycles. The molecule has 94 valence electrons. The lowest BCUT2D eigenvalue weighted by atomic mass is 10.0. The molecule has 0 aliphatic rings. The summed E-state index contributed by atoms with van der Waals surface area (Å²) in [6.45, 7) is 1.99. The Morgan fingerprint density at radius 2 is 2.12 bits per heavy atom. The van der Waals surface area contributed by atoms with E-state index in [1.165, 1.54) is 12.1 Å². The van der Waals surface area contributed by atoms with Crippen molar-refractivity contribution in [3.05, 3.63) is 28.2 Å². The molecule has 1 rings (SSSR count). The van der Waals surface area contributed by atoms with E-state index in [2.05, 4.69) is 47.4 Å². The minimum atomic E-state index is -0.352. The highest BCUT2D eigenvalue weighted by Gasteiger charge is 2.28. The molecule has 0 bridgehead atoms. The first-order chi connectivity index (χ1) is 8.06. The summed E-state index contributed by atoms with van der Waals surface area (Å²) in [7, 11) is 0. The van der Waals surface area contributed by atoms with Gasteiger partial charge in [-0.05, 0) is 12.5 Å². The van der Waals surface area contributed by atoms with Gasteiger partial charge in [-0.15, -0.1) is 0 Å². The number of alkyl halides is 2. The average Bonchev–Trinajstić information content (AvgIpc) is 2.37. The first kappa shape index (κ1) is 14.4. The lowest BCUT2D eigenvalue weighted by Crippen LogP contribution is -2.51. The second kappa shape index (κ2) is 6.30. The van der Waals surface area contributed by atoms with Crippen LogP contribution in [0, 0.1) is 0 Å². The molecule has 5 nitrogen and oxygen atoms in total. The number of carbonyl (C=O) groups excluding carboxylic acids is 1. The van der Waals surface area contributed by atoms with Crippen LogP contribution in [0.3, 0.4) is 0 Å². The van der Waals surface area contributed by atoms with Crippen LogP contribution >= 0.6 is 31.9 Å². The number of amides is 1. The first-order valence-electron chi connectivity index (χ1n) is 5.07. The van der Waals surface area contributed by atoms with Gasteiger partial charge in [0.1, 0.15) is 5.69 Å². The van der Waals surface area contributed by atoms with Crippen LogP contribution in [0.15, 0.2) is 16.9 Å². The first-order valence-corrected chi connectivity index (χ1v) is 7.31. The van der Waals surface area contributed by atoms with Crippen LogP contribution in [0.4, 0.5) is 0 Å². The summed E-state index contributed by atoms with van der Waals surface area (Å²) in [6.07, 6.45) is 0.776. The highest BCUT2D eigenvalue weighted by molar-refractivity contribution is 9.09. The summed E-state index contributed by atoms with van der Waals surface area (Å²) in [5.74, 6) is -0.304. The van der Waals surface area contributed by atoms with Crippen LogP contribution < -0.4 is 10.9 Å². The quantitative estimate of drug-likeness (QED) is 0.774. The van der Waals surface area contributed by atoms with Crippen LogP contribution in [0.2, 0.25) is 0 Å². The van der Waals surface area contributed by atoms with Crippen molar-refractivity contribution in [3.8, 4) is 0 Å². The molecule has 2 N–H and O–H groups in total. The van der Waals surface area contributed by atoms with E-state index in [0.717, 1.165) is 6.42 Å². The maximum absolute atomic E-state index is 11.9. The van der Waals surface area contributed by atoms with Gasteiger partial charge in [0.05, 0.1) is 5.54 Å². The van der Waals surface area contributed by atoms with Gasteiger partial charge in [-0.25, -0.2) is 5.10 Å². The minimum Gasteiger partial charge on any atom is -0.344 e. The van der Waals surface area contributed by atoms with Crippen molar-refractivity contribution in [2.75, 3.05) is 10.7 Å². The molecule has 0 saturated carbocycles. The minimum absolute atomic E-state index is 0.198. The molecule has 7 heteroatoms. The van der Waals surface area contributed by atoms with Crippen molar-refractivity contribution < 1.29 is 4.79 Å². The summed E-state index contributed by atoms with van der Waals surface area (Å²) < 4.78 is 0. The Kier molecular flexibility index (Phi) is 5.32. The lowest BCUT2D eigenvalue weighted by molar-refractivity contribution is 0.0909. The molecule has 0 radical (unpaired) electrons. The number of nitrogens with one attached hydrogen (secondary N) is 2. The summed E-state index contributed by atoms with van der Waals surface area (Å²) in [4.78, 5) is 22.7. The van der Waals surface area contributed by atoms with E-state index in [1.54, 1.807) is 0 Å². The summed E-state index contributed by atoms with van der Waals surface area (Å²) in [5.41, 5.74) is -0.483. The number of hydrogen-bond acceptors (Lipinski definition) is 3. The van der Waals surface area contributed by atoms with Gasteiger partial charge >= 0.3 is 0 Å². The van der Waals surface area contributed by atoms with Crippen LogP contribution in [-0.2, 0) is 0 Å². The zero-order chi connectivity index (χ0) is 12.9. The molecule has 0 saturated heterocycles. The largest absolute Gasteiger partial charge is 0.344 e. The van der Waals surface area contributed by atoms with Crippen LogP contribution in [-0.4, -0.2) is 32.3 Å². The molecule has 0 fully saturated rings. The second-order valence-electron chi connectivity index (χ2n) is 3.66. The Hall–Kier alpha value is -0.690. The smallest absolute Gasteiger partial charge is 0.272 e. The SMILES string of the molecule is CCC(CBr)(CBr)NC(=O)c1ccc(=O)[nH]n1. The number of carbonyl (C=O) groups is 1. The molecular weight excluding hydrogens is 354 g/mol. The molecule has 0 aliphatic carbocycles. The van der Waals surface area contributed by atoms with Crippen molar-refractivity contribution in [1.29, 1.82) is 0 Å². The Morgan fingerprint density at radius 1 is 1.47 bits per heavy atom. The third kappa shape index (κ3) is 3.64. The van der Waals surface area contributed by atoms with Gasteiger partial charge < -0.3 is 5.32 Å². The fraction of sp³-hybridized carbons (Fsp3) is 0.500. The number of rotatable bonds is 5. The summed E-state index contributed by atoms with van der Waals surface area (Å²) in [6, 6.07) is 2.68. The molecule has 0 aromatic carbocycles. The summed E-state index contributed by atoms with van der Waals surface area (Å²) in [5, 5.41) is 10.1. The Bertz CT molecular complexity index is 415. The zero-order valence-electron chi connectivity index (χ0n) is 9.30. The second-order valence-corrected chi connectivity index (χ2v) is 4.78.